The fourth-order valence-electron chi connectivity index (χ4n) is 1.48. The van der Waals surface area contributed by atoms with Gasteiger partial charge in [0.05, 0.1) is 18.3 Å². The summed E-state index contributed by atoms with van der Waals surface area (Å²) in [6, 6.07) is 0. The molecule has 0 spiro atoms. The van der Waals surface area contributed by atoms with E-state index in [1.165, 1.54) is 0 Å². The number of rotatable bonds is 5. The molecular weight excluding hydrogens is 232 g/mol. The molecule has 0 N–H and O–H groups in total. The van der Waals surface area contributed by atoms with E-state index in [0.29, 0.717) is 17.0 Å². The zero-order chi connectivity index (χ0) is 9.84. The fraction of sp³-hybridized carbons (Fsp3) is 1.00. The highest BCUT2D eigenvalue weighted by Gasteiger charge is 2.41. The minimum absolute atomic E-state index is 0.266. The molecule has 1 rings (SSSR count). The first-order chi connectivity index (χ1) is 6.15. The fourth-order valence-corrected chi connectivity index (χ4v) is 2.34. The number of hydrogen-bond acceptors (Lipinski definition) is 2. The SMILES string of the molecule is CCCOC1C(Br)CC1OC(C)C. The topological polar surface area (TPSA) is 18.5 Å². The molecule has 1 aliphatic carbocycles. The lowest BCUT2D eigenvalue weighted by molar-refractivity contribution is -0.138. The van der Waals surface area contributed by atoms with Crippen molar-refractivity contribution in [3.8, 4) is 0 Å². The van der Waals surface area contributed by atoms with Gasteiger partial charge >= 0.3 is 0 Å². The van der Waals surface area contributed by atoms with Gasteiger partial charge in [-0.1, -0.05) is 22.9 Å². The summed E-state index contributed by atoms with van der Waals surface area (Å²) in [6.07, 6.45) is 3.02. The molecule has 0 amide bonds. The van der Waals surface area contributed by atoms with Crippen molar-refractivity contribution in [2.24, 2.45) is 0 Å². The summed E-state index contributed by atoms with van der Waals surface area (Å²) in [5.41, 5.74) is 0. The monoisotopic (exact) mass is 250 g/mol. The molecule has 1 fully saturated rings. The standard InChI is InChI=1S/C10H19BrO2/c1-4-5-12-10-8(11)6-9(10)13-7(2)3/h7-10H,4-6H2,1-3H3. The Kier molecular flexibility index (Phi) is 4.70. The van der Waals surface area contributed by atoms with Crippen molar-refractivity contribution < 1.29 is 9.47 Å². The largest absolute Gasteiger partial charge is 0.374 e. The molecule has 78 valence electrons. The Morgan fingerprint density at radius 1 is 1.46 bits per heavy atom. The van der Waals surface area contributed by atoms with Crippen molar-refractivity contribution in [3.63, 3.8) is 0 Å². The van der Waals surface area contributed by atoms with Crippen molar-refractivity contribution in [1.29, 1.82) is 0 Å². The minimum atomic E-state index is 0.266. The van der Waals surface area contributed by atoms with Crippen LogP contribution in [0.5, 0.6) is 0 Å². The molecule has 0 saturated heterocycles. The van der Waals surface area contributed by atoms with Crippen molar-refractivity contribution in [3.05, 3.63) is 0 Å². The first-order valence-corrected chi connectivity index (χ1v) is 5.97. The summed E-state index contributed by atoms with van der Waals surface area (Å²) in [4.78, 5) is 0.489. The third kappa shape index (κ3) is 3.22. The Balaban J connectivity index is 2.24. The highest BCUT2D eigenvalue weighted by molar-refractivity contribution is 9.09. The summed E-state index contributed by atoms with van der Waals surface area (Å²) in [5.74, 6) is 0. The Hall–Kier alpha value is 0.400. The molecule has 0 bridgehead atoms. The lowest BCUT2D eigenvalue weighted by Crippen LogP contribution is -2.51. The van der Waals surface area contributed by atoms with Crippen LogP contribution in [0.25, 0.3) is 0 Å². The van der Waals surface area contributed by atoms with Gasteiger partial charge in [-0.15, -0.1) is 0 Å². The zero-order valence-electron chi connectivity index (χ0n) is 8.63. The van der Waals surface area contributed by atoms with Crippen LogP contribution in [0, 0.1) is 0 Å². The van der Waals surface area contributed by atoms with Gasteiger partial charge in [-0.05, 0) is 26.7 Å². The minimum Gasteiger partial charge on any atom is -0.374 e. The molecule has 1 saturated carbocycles. The Labute approximate surface area is 89.1 Å². The first kappa shape index (κ1) is 11.5. The lowest BCUT2D eigenvalue weighted by atomic mass is 9.91. The lowest BCUT2D eigenvalue weighted by Gasteiger charge is -2.41. The average Bonchev–Trinajstić information content (AvgIpc) is 2.03. The van der Waals surface area contributed by atoms with Crippen molar-refractivity contribution in [2.75, 3.05) is 6.61 Å². The zero-order valence-corrected chi connectivity index (χ0v) is 10.2. The normalized spacial score (nSPS) is 33.5. The van der Waals surface area contributed by atoms with Gasteiger partial charge in [0.25, 0.3) is 0 Å². The van der Waals surface area contributed by atoms with E-state index in [4.69, 9.17) is 9.47 Å². The van der Waals surface area contributed by atoms with Gasteiger partial charge in [-0.25, -0.2) is 0 Å². The van der Waals surface area contributed by atoms with E-state index < -0.39 is 0 Å². The molecule has 0 aromatic heterocycles. The van der Waals surface area contributed by atoms with Crippen molar-refractivity contribution in [1.82, 2.24) is 0 Å². The van der Waals surface area contributed by atoms with Gasteiger partial charge < -0.3 is 9.47 Å². The van der Waals surface area contributed by atoms with E-state index in [-0.39, 0.29) is 6.10 Å². The first-order valence-electron chi connectivity index (χ1n) is 5.06. The maximum atomic E-state index is 5.71. The third-order valence-electron chi connectivity index (χ3n) is 2.14. The van der Waals surface area contributed by atoms with Crippen molar-refractivity contribution in [2.45, 2.75) is 56.8 Å². The van der Waals surface area contributed by atoms with Gasteiger partial charge in [0.15, 0.2) is 0 Å². The Morgan fingerprint density at radius 3 is 2.62 bits per heavy atom. The molecule has 3 atom stereocenters. The van der Waals surface area contributed by atoms with Gasteiger partial charge in [0.1, 0.15) is 0 Å². The van der Waals surface area contributed by atoms with Gasteiger partial charge in [-0.3, -0.25) is 0 Å². The second-order valence-corrected chi connectivity index (χ2v) is 4.99. The van der Waals surface area contributed by atoms with Gasteiger partial charge in [-0.2, -0.15) is 0 Å². The molecule has 0 aliphatic heterocycles. The van der Waals surface area contributed by atoms with E-state index in [2.05, 4.69) is 36.7 Å². The molecule has 13 heavy (non-hydrogen) atoms. The second kappa shape index (κ2) is 5.32. The molecule has 0 aromatic rings. The maximum Gasteiger partial charge on any atom is 0.0962 e. The molecular formula is C10H19BrO2. The van der Waals surface area contributed by atoms with Crippen LogP contribution in [0.4, 0.5) is 0 Å². The van der Waals surface area contributed by atoms with E-state index in [9.17, 15) is 0 Å². The second-order valence-electron chi connectivity index (χ2n) is 3.81. The van der Waals surface area contributed by atoms with Crippen LogP contribution in [0.3, 0.4) is 0 Å². The van der Waals surface area contributed by atoms with Crippen LogP contribution in [0.2, 0.25) is 0 Å². The highest BCUT2D eigenvalue weighted by Crippen LogP contribution is 2.33. The predicted molar refractivity (Wildman–Crippen MR) is 57.4 cm³/mol. The summed E-state index contributed by atoms with van der Waals surface area (Å²) >= 11 is 3.58. The smallest absolute Gasteiger partial charge is 0.0962 e. The summed E-state index contributed by atoms with van der Waals surface area (Å²) < 4.78 is 11.4. The molecule has 1 aliphatic rings. The van der Waals surface area contributed by atoms with Crippen LogP contribution in [0.15, 0.2) is 0 Å². The van der Waals surface area contributed by atoms with Crippen LogP contribution in [-0.4, -0.2) is 29.7 Å². The van der Waals surface area contributed by atoms with Crippen molar-refractivity contribution >= 4 is 15.9 Å². The molecule has 3 unspecified atom stereocenters. The maximum absolute atomic E-state index is 5.71. The Morgan fingerprint density at radius 2 is 2.15 bits per heavy atom. The van der Waals surface area contributed by atoms with E-state index in [1.54, 1.807) is 0 Å². The van der Waals surface area contributed by atoms with E-state index in [1.807, 2.05) is 0 Å². The van der Waals surface area contributed by atoms with E-state index >= 15 is 0 Å². The average molecular weight is 251 g/mol. The molecule has 0 heterocycles. The number of alkyl halides is 1. The van der Waals surface area contributed by atoms with Gasteiger partial charge in [0.2, 0.25) is 0 Å². The van der Waals surface area contributed by atoms with Gasteiger partial charge in [0, 0.05) is 11.4 Å². The van der Waals surface area contributed by atoms with Crippen LogP contribution >= 0.6 is 15.9 Å². The van der Waals surface area contributed by atoms with Crippen LogP contribution in [0.1, 0.15) is 33.6 Å². The summed E-state index contributed by atoms with van der Waals surface area (Å²) in [7, 11) is 0. The molecule has 0 radical (unpaired) electrons. The molecule has 2 nitrogen and oxygen atoms in total. The highest BCUT2D eigenvalue weighted by atomic mass is 79.9. The predicted octanol–water partition coefficient (Wildman–Crippen LogP) is 2.74. The number of hydrogen-bond donors (Lipinski definition) is 0. The quantitative estimate of drug-likeness (QED) is 0.699. The number of ether oxygens (including phenoxy) is 2. The van der Waals surface area contributed by atoms with Crippen LogP contribution in [-0.2, 0) is 9.47 Å². The Bertz CT molecular complexity index is 150. The number of halogens is 1. The van der Waals surface area contributed by atoms with Crippen LogP contribution < -0.4 is 0 Å². The summed E-state index contributed by atoms with van der Waals surface area (Å²) in [5, 5.41) is 0. The van der Waals surface area contributed by atoms with E-state index in [0.717, 1.165) is 19.4 Å². The molecule has 3 heteroatoms. The molecule has 0 aromatic carbocycles. The third-order valence-corrected chi connectivity index (χ3v) is 3.04. The summed E-state index contributed by atoms with van der Waals surface area (Å²) in [6.45, 7) is 7.10.